The Morgan fingerprint density at radius 2 is 2.17 bits per heavy atom. The van der Waals surface area contributed by atoms with Crippen LogP contribution in [0.15, 0.2) is 23.1 Å². The van der Waals surface area contributed by atoms with Gasteiger partial charge in [-0.25, -0.2) is 0 Å². The Hall–Kier alpha value is -1.00. The van der Waals surface area contributed by atoms with Crippen molar-refractivity contribution in [3.05, 3.63) is 29.3 Å². The van der Waals surface area contributed by atoms with Gasteiger partial charge in [0.25, 0.3) is 0 Å². The highest BCUT2D eigenvalue weighted by molar-refractivity contribution is 8.00. The fourth-order valence-corrected chi connectivity index (χ4v) is 2.49. The molecule has 1 atom stereocenters. The first-order valence-corrected chi connectivity index (χ1v) is 7.15. The van der Waals surface area contributed by atoms with Crippen molar-refractivity contribution in [1.29, 1.82) is 0 Å². The maximum absolute atomic E-state index is 11.7. The standard InChI is InChI=1S/C14H21NO2S/c1-4-12(8-16)15-14(17)9-18-13-7-10(2)5-6-11(13)3/h5-7,12,16H,4,8-9H2,1-3H3,(H,15,17)/t12-/m1/s1. The number of hydrogen-bond acceptors (Lipinski definition) is 3. The quantitative estimate of drug-likeness (QED) is 0.777. The average Bonchev–Trinajstić information content (AvgIpc) is 2.37. The van der Waals surface area contributed by atoms with Gasteiger partial charge in [0, 0.05) is 4.90 Å². The lowest BCUT2D eigenvalue weighted by molar-refractivity contribution is -0.119. The van der Waals surface area contributed by atoms with Crippen LogP contribution in [0.1, 0.15) is 24.5 Å². The van der Waals surface area contributed by atoms with Gasteiger partial charge in [-0.3, -0.25) is 4.79 Å². The molecule has 100 valence electrons. The Morgan fingerprint density at radius 3 is 2.78 bits per heavy atom. The summed E-state index contributed by atoms with van der Waals surface area (Å²) >= 11 is 1.54. The van der Waals surface area contributed by atoms with E-state index >= 15 is 0 Å². The van der Waals surface area contributed by atoms with E-state index in [1.165, 1.54) is 22.9 Å². The smallest absolute Gasteiger partial charge is 0.230 e. The predicted molar refractivity (Wildman–Crippen MR) is 75.9 cm³/mol. The van der Waals surface area contributed by atoms with Crippen LogP contribution in [0.4, 0.5) is 0 Å². The highest BCUT2D eigenvalue weighted by atomic mass is 32.2. The molecule has 0 saturated heterocycles. The molecule has 4 heteroatoms. The third-order valence-corrected chi connectivity index (χ3v) is 3.94. The average molecular weight is 267 g/mol. The van der Waals surface area contributed by atoms with E-state index in [2.05, 4.69) is 23.5 Å². The second-order valence-corrected chi connectivity index (χ2v) is 5.43. The zero-order chi connectivity index (χ0) is 13.5. The van der Waals surface area contributed by atoms with E-state index < -0.39 is 0 Å². The van der Waals surface area contributed by atoms with Crippen molar-refractivity contribution in [3.8, 4) is 0 Å². The van der Waals surface area contributed by atoms with E-state index in [0.29, 0.717) is 5.75 Å². The van der Waals surface area contributed by atoms with E-state index in [9.17, 15) is 4.79 Å². The van der Waals surface area contributed by atoms with E-state index in [1.807, 2.05) is 20.8 Å². The molecular formula is C14H21NO2S. The second kappa shape index (κ2) is 7.44. The fraction of sp³-hybridized carbons (Fsp3) is 0.500. The summed E-state index contributed by atoms with van der Waals surface area (Å²) in [4.78, 5) is 12.8. The molecule has 0 heterocycles. The zero-order valence-corrected chi connectivity index (χ0v) is 12.0. The Labute approximate surface area is 113 Å². The van der Waals surface area contributed by atoms with Gasteiger partial charge in [-0.15, -0.1) is 11.8 Å². The van der Waals surface area contributed by atoms with Gasteiger partial charge in [0.05, 0.1) is 18.4 Å². The van der Waals surface area contributed by atoms with Crippen molar-refractivity contribution in [3.63, 3.8) is 0 Å². The molecule has 1 aromatic rings. The molecule has 3 nitrogen and oxygen atoms in total. The van der Waals surface area contributed by atoms with Gasteiger partial charge < -0.3 is 10.4 Å². The first-order chi connectivity index (χ1) is 8.56. The first-order valence-electron chi connectivity index (χ1n) is 6.17. The number of rotatable bonds is 6. The van der Waals surface area contributed by atoms with Gasteiger partial charge in [0.1, 0.15) is 0 Å². The molecule has 0 aliphatic carbocycles. The number of benzene rings is 1. The Bertz CT molecular complexity index is 403. The molecule has 0 saturated carbocycles. The van der Waals surface area contributed by atoms with Gasteiger partial charge >= 0.3 is 0 Å². The van der Waals surface area contributed by atoms with Gasteiger partial charge in [0.2, 0.25) is 5.91 Å². The highest BCUT2D eigenvalue weighted by Gasteiger charge is 2.10. The lowest BCUT2D eigenvalue weighted by Crippen LogP contribution is -2.37. The maximum Gasteiger partial charge on any atom is 0.230 e. The number of carbonyl (C=O) groups is 1. The summed E-state index contributed by atoms with van der Waals surface area (Å²) in [5, 5.41) is 11.8. The summed E-state index contributed by atoms with van der Waals surface area (Å²) < 4.78 is 0. The summed E-state index contributed by atoms with van der Waals surface area (Å²) in [5.74, 6) is 0.364. The molecule has 0 spiro atoms. The van der Waals surface area contributed by atoms with Gasteiger partial charge in [-0.1, -0.05) is 24.6 Å². The van der Waals surface area contributed by atoms with Crippen LogP contribution in [0, 0.1) is 13.8 Å². The number of nitrogens with one attached hydrogen (secondary N) is 1. The molecular weight excluding hydrogens is 246 g/mol. The van der Waals surface area contributed by atoms with E-state index in [-0.39, 0.29) is 18.6 Å². The van der Waals surface area contributed by atoms with Crippen LogP contribution < -0.4 is 5.32 Å². The predicted octanol–water partition coefficient (Wildman–Crippen LogP) is 2.28. The van der Waals surface area contributed by atoms with Gasteiger partial charge in [-0.05, 0) is 31.9 Å². The molecule has 1 rings (SSSR count). The third kappa shape index (κ3) is 4.70. The zero-order valence-electron chi connectivity index (χ0n) is 11.2. The van der Waals surface area contributed by atoms with Crippen molar-refractivity contribution in [1.82, 2.24) is 5.32 Å². The highest BCUT2D eigenvalue weighted by Crippen LogP contribution is 2.23. The van der Waals surface area contributed by atoms with Crippen molar-refractivity contribution in [2.24, 2.45) is 0 Å². The summed E-state index contributed by atoms with van der Waals surface area (Å²) in [6.45, 7) is 6.03. The molecule has 1 amide bonds. The van der Waals surface area contributed by atoms with Crippen molar-refractivity contribution in [2.45, 2.75) is 38.1 Å². The first kappa shape index (κ1) is 15.1. The van der Waals surface area contributed by atoms with Crippen molar-refractivity contribution < 1.29 is 9.90 Å². The Morgan fingerprint density at radius 1 is 1.44 bits per heavy atom. The summed E-state index contributed by atoms with van der Waals surface area (Å²) in [5.41, 5.74) is 2.39. The van der Waals surface area contributed by atoms with Gasteiger partial charge in [0.15, 0.2) is 0 Å². The normalized spacial score (nSPS) is 12.2. The summed E-state index contributed by atoms with van der Waals surface area (Å²) in [7, 11) is 0. The SMILES string of the molecule is CC[C@H](CO)NC(=O)CSc1cc(C)ccc1C. The maximum atomic E-state index is 11.7. The molecule has 2 N–H and O–H groups in total. The van der Waals surface area contributed by atoms with Crippen molar-refractivity contribution in [2.75, 3.05) is 12.4 Å². The summed E-state index contributed by atoms with van der Waals surface area (Å²) in [6, 6.07) is 6.10. The molecule has 0 aliphatic rings. The second-order valence-electron chi connectivity index (χ2n) is 4.41. The van der Waals surface area contributed by atoms with Crippen LogP contribution in [0.3, 0.4) is 0 Å². The van der Waals surface area contributed by atoms with Gasteiger partial charge in [-0.2, -0.15) is 0 Å². The molecule has 0 fully saturated rings. The van der Waals surface area contributed by atoms with Crippen molar-refractivity contribution >= 4 is 17.7 Å². The van der Waals surface area contributed by atoms with E-state index in [1.54, 1.807) is 0 Å². The Balaban J connectivity index is 2.49. The fourth-order valence-electron chi connectivity index (χ4n) is 1.55. The number of aryl methyl sites for hydroxylation is 2. The largest absolute Gasteiger partial charge is 0.394 e. The Kier molecular flexibility index (Phi) is 6.22. The third-order valence-electron chi connectivity index (χ3n) is 2.78. The van der Waals surface area contributed by atoms with Crippen LogP contribution in [0.5, 0.6) is 0 Å². The molecule has 0 aromatic heterocycles. The molecule has 1 aromatic carbocycles. The lowest BCUT2D eigenvalue weighted by atomic mass is 10.2. The lowest BCUT2D eigenvalue weighted by Gasteiger charge is -2.14. The summed E-state index contributed by atoms with van der Waals surface area (Å²) in [6.07, 6.45) is 0.746. The molecule has 0 unspecified atom stereocenters. The minimum Gasteiger partial charge on any atom is -0.394 e. The van der Waals surface area contributed by atoms with Crippen LogP contribution in [0.2, 0.25) is 0 Å². The molecule has 0 radical (unpaired) electrons. The number of aliphatic hydroxyl groups is 1. The number of hydrogen-bond donors (Lipinski definition) is 2. The minimum absolute atomic E-state index is 0.00359. The van der Waals surface area contributed by atoms with Crippen LogP contribution in [-0.2, 0) is 4.79 Å². The topological polar surface area (TPSA) is 49.3 Å². The minimum atomic E-state index is -0.128. The van der Waals surface area contributed by atoms with Crippen LogP contribution in [0.25, 0.3) is 0 Å². The number of amides is 1. The number of aliphatic hydroxyl groups excluding tert-OH is 1. The number of carbonyl (C=O) groups excluding carboxylic acids is 1. The monoisotopic (exact) mass is 267 g/mol. The van der Waals surface area contributed by atoms with Crippen LogP contribution >= 0.6 is 11.8 Å². The molecule has 0 aliphatic heterocycles. The van der Waals surface area contributed by atoms with Crippen LogP contribution in [-0.4, -0.2) is 29.4 Å². The van der Waals surface area contributed by atoms with E-state index in [0.717, 1.165) is 11.3 Å². The van der Waals surface area contributed by atoms with E-state index in [4.69, 9.17) is 5.11 Å². The number of thioether (sulfide) groups is 1. The molecule has 0 bridgehead atoms. The molecule has 18 heavy (non-hydrogen) atoms.